The Bertz CT molecular complexity index is 605. The van der Waals surface area contributed by atoms with Crippen molar-refractivity contribution in [3.8, 4) is 11.1 Å². The van der Waals surface area contributed by atoms with Gasteiger partial charge in [-0.05, 0) is 47.4 Å². The molecule has 1 heteroatoms. The predicted molar refractivity (Wildman–Crippen MR) is 111 cm³/mol. The van der Waals surface area contributed by atoms with Crippen molar-refractivity contribution < 1.29 is 0 Å². The molecule has 0 N–H and O–H groups in total. The van der Waals surface area contributed by atoms with Crippen molar-refractivity contribution in [2.45, 2.75) is 47.0 Å². The van der Waals surface area contributed by atoms with Gasteiger partial charge in [0.05, 0.1) is 0 Å². The van der Waals surface area contributed by atoms with Crippen LogP contribution in [0.3, 0.4) is 0 Å². The number of rotatable bonds is 9. The number of nitrogens with zero attached hydrogens (tertiary/aromatic N) is 1. The van der Waals surface area contributed by atoms with Crippen LogP contribution in [0.2, 0.25) is 0 Å². The number of benzene rings is 2. The molecule has 2 rings (SSSR count). The summed E-state index contributed by atoms with van der Waals surface area (Å²) in [4.78, 5) is 2.65. The van der Waals surface area contributed by atoms with E-state index in [1.165, 1.54) is 42.7 Å². The molecule has 0 heterocycles. The zero-order chi connectivity index (χ0) is 18.2. The lowest BCUT2D eigenvalue weighted by atomic mass is 9.89. The second-order valence-corrected chi connectivity index (χ2v) is 8.19. The van der Waals surface area contributed by atoms with E-state index in [1.54, 1.807) is 0 Å². The maximum Gasteiger partial charge on any atom is 0.000450 e. The van der Waals surface area contributed by atoms with Crippen LogP contribution in [0, 0.1) is 11.8 Å². The summed E-state index contributed by atoms with van der Waals surface area (Å²) < 4.78 is 0. The number of hydrogen-bond donors (Lipinski definition) is 0. The average Bonchev–Trinajstić information content (AvgIpc) is 2.59. The zero-order valence-electron chi connectivity index (χ0n) is 16.7. The van der Waals surface area contributed by atoms with Gasteiger partial charge in [0.1, 0.15) is 0 Å². The summed E-state index contributed by atoms with van der Waals surface area (Å²) >= 11 is 0. The third kappa shape index (κ3) is 6.32. The Kier molecular flexibility index (Phi) is 7.71. The van der Waals surface area contributed by atoms with E-state index in [2.05, 4.69) is 94.1 Å². The van der Waals surface area contributed by atoms with Crippen LogP contribution in [0.15, 0.2) is 54.6 Å². The summed E-state index contributed by atoms with van der Waals surface area (Å²) in [6, 6.07) is 19.7. The van der Waals surface area contributed by atoms with Crippen molar-refractivity contribution >= 4 is 0 Å². The van der Waals surface area contributed by atoms with E-state index in [1.807, 2.05) is 0 Å². The molecule has 1 unspecified atom stereocenters. The third-order valence-corrected chi connectivity index (χ3v) is 4.70. The highest BCUT2D eigenvalue weighted by molar-refractivity contribution is 5.67. The van der Waals surface area contributed by atoms with Crippen molar-refractivity contribution in [2.75, 3.05) is 19.6 Å². The Morgan fingerprint density at radius 3 is 1.88 bits per heavy atom. The van der Waals surface area contributed by atoms with Crippen LogP contribution in [0.1, 0.15) is 52.5 Å². The van der Waals surface area contributed by atoms with E-state index in [-0.39, 0.29) is 0 Å². The fraction of sp³-hybridized carbons (Fsp3) is 0.500. The van der Waals surface area contributed by atoms with Gasteiger partial charge in [0, 0.05) is 13.1 Å². The summed E-state index contributed by atoms with van der Waals surface area (Å²) in [6.07, 6.45) is 1.21. The van der Waals surface area contributed by atoms with Crippen LogP contribution >= 0.6 is 0 Å². The highest BCUT2D eigenvalue weighted by Crippen LogP contribution is 2.31. The summed E-state index contributed by atoms with van der Waals surface area (Å²) in [5, 5.41) is 0. The topological polar surface area (TPSA) is 3.24 Å². The van der Waals surface area contributed by atoms with Gasteiger partial charge in [0.25, 0.3) is 0 Å². The summed E-state index contributed by atoms with van der Waals surface area (Å²) in [7, 11) is 0. The van der Waals surface area contributed by atoms with Crippen molar-refractivity contribution in [2.24, 2.45) is 11.8 Å². The molecule has 0 fully saturated rings. The highest BCUT2D eigenvalue weighted by atomic mass is 15.1. The molecule has 0 saturated carbocycles. The Morgan fingerprint density at radius 2 is 1.28 bits per heavy atom. The van der Waals surface area contributed by atoms with Crippen molar-refractivity contribution in [3.05, 3.63) is 60.2 Å². The first-order chi connectivity index (χ1) is 12.0. The second-order valence-electron chi connectivity index (χ2n) is 8.19. The maximum atomic E-state index is 2.65. The van der Waals surface area contributed by atoms with E-state index in [0.717, 1.165) is 11.8 Å². The van der Waals surface area contributed by atoms with Gasteiger partial charge in [-0.1, -0.05) is 89.2 Å². The van der Waals surface area contributed by atoms with Crippen LogP contribution in [-0.2, 0) is 0 Å². The molecule has 1 nitrogen and oxygen atoms in total. The van der Waals surface area contributed by atoms with Gasteiger partial charge >= 0.3 is 0 Å². The van der Waals surface area contributed by atoms with Gasteiger partial charge in [0.2, 0.25) is 0 Å². The minimum Gasteiger partial charge on any atom is -0.303 e. The number of hydrogen-bond acceptors (Lipinski definition) is 1. The summed E-state index contributed by atoms with van der Waals surface area (Å²) in [6.45, 7) is 15.2. The first kappa shape index (κ1) is 19.7. The van der Waals surface area contributed by atoms with Crippen LogP contribution in [0.4, 0.5) is 0 Å². The minimum absolute atomic E-state index is 0.568. The monoisotopic (exact) mass is 337 g/mol. The molecule has 0 bridgehead atoms. The SMILES string of the molecule is CC(C)CN(CCC(C)c1ccccc1-c1ccccc1)CC(C)C. The molecule has 0 amide bonds. The van der Waals surface area contributed by atoms with E-state index < -0.39 is 0 Å². The molecule has 2 aromatic rings. The van der Waals surface area contributed by atoms with Gasteiger partial charge < -0.3 is 4.90 Å². The second kappa shape index (κ2) is 9.77. The molecule has 0 saturated heterocycles. The van der Waals surface area contributed by atoms with Crippen LogP contribution in [-0.4, -0.2) is 24.5 Å². The zero-order valence-corrected chi connectivity index (χ0v) is 16.7. The first-order valence-electron chi connectivity index (χ1n) is 9.84. The lowest BCUT2D eigenvalue weighted by molar-refractivity contribution is 0.213. The Morgan fingerprint density at radius 1 is 0.720 bits per heavy atom. The largest absolute Gasteiger partial charge is 0.303 e. The molecule has 25 heavy (non-hydrogen) atoms. The Labute approximate surface area is 155 Å². The lowest BCUT2D eigenvalue weighted by Gasteiger charge is -2.28. The van der Waals surface area contributed by atoms with Crippen molar-refractivity contribution in [3.63, 3.8) is 0 Å². The Hall–Kier alpha value is -1.60. The standard InChI is InChI=1S/C24H35N/c1-19(2)17-25(18-20(3)4)16-15-21(5)23-13-9-10-14-24(23)22-11-7-6-8-12-22/h6-14,19-21H,15-18H2,1-5H3. The van der Waals surface area contributed by atoms with Gasteiger partial charge in [-0.3, -0.25) is 0 Å². The van der Waals surface area contributed by atoms with Gasteiger partial charge in [-0.15, -0.1) is 0 Å². The van der Waals surface area contributed by atoms with Crippen LogP contribution in [0.5, 0.6) is 0 Å². The molecule has 0 aliphatic heterocycles. The summed E-state index contributed by atoms with van der Waals surface area (Å²) in [5.74, 6) is 2.02. The highest BCUT2D eigenvalue weighted by Gasteiger charge is 2.15. The normalized spacial score (nSPS) is 13.0. The molecular formula is C24H35N. The van der Waals surface area contributed by atoms with Crippen molar-refractivity contribution in [1.82, 2.24) is 4.90 Å². The quantitative estimate of drug-likeness (QED) is 0.507. The molecule has 1 atom stereocenters. The molecule has 2 aromatic carbocycles. The molecule has 0 radical (unpaired) electrons. The lowest BCUT2D eigenvalue weighted by Crippen LogP contribution is -2.32. The minimum atomic E-state index is 0.568. The first-order valence-corrected chi connectivity index (χ1v) is 9.84. The van der Waals surface area contributed by atoms with E-state index in [9.17, 15) is 0 Å². The van der Waals surface area contributed by atoms with Gasteiger partial charge in [-0.2, -0.15) is 0 Å². The van der Waals surface area contributed by atoms with Crippen LogP contribution in [0.25, 0.3) is 11.1 Å². The predicted octanol–water partition coefficient (Wildman–Crippen LogP) is 6.46. The summed E-state index contributed by atoms with van der Waals surface area (Å²) in [5.41, 5.74) is 4.18. The molecule has 136 valence electrons. The molecule has 0 aromatic heterocycles. The fourth-order valence-corrected chi connectivity index (χ4v) is 3.63. The molecular weight excluding hydrogens is 302 g/mol. The molecule has 0 aliphatic rings. The van der Waals surface area contributed by atoms with E-state index in [4.69, 9.17) is 0 Å². The molecule has 0 spiro atoms. The molecule has 0 aliphatic carbocycles. The third-order valence-electron chi connectivity index (χ3n) is 4.70. The smallest absolute Gasteiger partial charge is 0.000450 e. The van der Waals surface area contributed by atoms with E-state index in [0.29, 0.717) is 5.92 Å². The maximum absolute atomic E-state index is 2.65. The van der Waals surface area contributed by atoms with Gasteiger partial charge in [-0.25, -0.2) is 0 Å². The van der Waals surface area contributed by atoms with E-state index >= 15 is 0 Å². The fourth-order valence-electron chi connectivity index (χ4n) is 3.63. The van der Waals surface area contributed by atoms with Crippen molar-refractivity contribution in [1.29, 1.82) is 0 Å². The Balaban J connectivity index is 2.09. The van der Waals surface area contributed by atoms with Gasteiger partial charge in [0.15, 0.2) is 0 Å². The van der Waals surface area contributed by atoms with Crippen LogP contribution < -0.4 is 0 Å². The average molecular weight is 338 g/mol.